The van der Waals surface area contributed by atoms with Gasteiger partial charge in [-0.05, 0) is 45.7 Å². The van der Waals surface area contributed by atoms with Crippen molar-refractivity contribution >= 4 is 30.5 Å². The summed E-state index contributed by atoms with van der Waals surface area (Å²) in [5.41, 5.74) is 1.91. The highest BCUT2D eigenvalue weighted by Gasteiger charge is 2.35. The first-order chi connectivity index (χ1) is 16.1. The van der Waals surface area contributed by atoms with Gasteiger partial charge in [-0.2, -0.15) is 12.6 Å². The number of amides is 3. The fraction of sp³-hybridized carbons (Fsp3) is 0.423. The van der Waals surface area contributed by atoms with E-state index in [1.807, 2.05) is 61.5 Å². The summed E-state index contributed by atoms with van der Waals surface area (Å²) in [5.74, 6) is -0.662. The fourth-order valence-corrected chi connectivity index (χ4v) is 3.74. The Bertz CT molecular complexity index is 976. The van der Waals surface area contributed by atoms with Crippen LogP contribution in [0.5, 0.6) is 0 Å². The molecule has 184 valence electrons. The average Bonchev–Trinajstić information content (AvgIpc) is 2.78. The standard InChI is InChI=1S/C26H35N3O4S/c1-6-29(24(31)21(17-34)28-25(32)33-26(3,4)5)22(20-14-10-11-18(2)15-20)23(30)27-16-19-12-8-7-9-13-19/h7-15,21-22,34H,6,16-17H2,1-5H3,(H,27,30)(H,28,32). The Hall–Kier alpha value is -3.00. The third kappa shape index (κ3) is 8.09. The van der Waals surface area contributed by atoms with E-state index in [0.29, 0.717) is 12.1 Å². The van der Waals surface area contributed by atoms with Crippen LogP contribution in [0.3, 0.4) is 0 Å². The van der Waals surface area contributed by atoms with Crippen molar-refractivity contribution < 1.29 is 19.1 Å². The van der Waals surface area contributed by atoms with Crippen LogP contribution < -0.4 is 10.6 Å². The van der Waals surface area contributed by atoms with E-state index >= 15 is 0 Å². The summed E-state index contributed by atoms with van der Waals surface area (Å²) >= 11 is 4.27. The number of thiol groups is 1. The lowest BCUT2D eigenvalue weighted by Gasteiger charge is -2.33. The molecule has 2 atom stereocenters. The molecule has 34 heavy (non-hydrogen) atoms. The molecule has 0 radical (unpaired) electrons. The van der Waals surface area contributed by atoms with Crippen LogP contribution in [-0.4, -0.2) is 46.7 Å². The van der Waals surface area contributed by atoms with E-state index in [1.54, 1.807) is 27.7 Å². The van der Waals surface area contributed by atoms with E-state index in [1.165, 1.54) is 4.90 Å². The number of nitrogens with one attached hydrogen (secondary N) is 2. The van der Waals surface area contributed by atoms with Crippen LogP contribution in [0.1, 0.15) is 50.4 Å². The van der Waals surface area contributed by atoms with Gasteiger partial charge in [0.15, 0.2) is 0 Å². The molecule has 0 aliphatic rings. The SMILES string of the molecule is CCN(C(=O)C(CS)NC(=O)OC(C)(C)C)C(C(=O)NCc1ccccc1)c1cccc(C)c1. The summed E-state index contributed by atoms with van der Waals surface area (Å²) in [7, 11) is 0. The van der Waals surface area contributed by atoms with Gasteiger partial charge >= 0.3 is 6.09 Å². The molecule has 0 spiro atoms. The molecule has 0 saturated carbocycles. The van der Waals surface area contributed by atoms with Gasteiger partial charge in [0.2, 0.25) is 11.8 Å². The van der Waals surface area contributed by atoms with Crippen LogP contribution in [0, 0.1) is 6.92 Å². The number of hydrogen-bond acceptors (Lipinski definition) is 5. The van der Waals surface area contributed by atoms with E-state index in [0.717, 1.165) is 11.1 Å². The molecule has 7 nitrogen and oxygen atoms in total. The maximum Gasteiger partial charge on any atom is 0.408 e. The van der Waals surface area contributed by atoms with Crippen LogP contribution in [0.25, 0.3) is 0 Å². The summed E-state index contributed by atoms with van der Waals surface area (Å²) in [6.45, 7) is 9.56. The predicted octanol–water partition coefficient (Wildman–Crippen LogP) is 4.02. The van der Waals surface area contributed by atoms with Gasteiger partial charge in [0.1, 0.15) is 17.7 Å². The molecule has 2 aromatic rings. The van der Waals surface area contributed by atoms with Crippen LogP contribution in [0.4, 0.5) is 4.79 Å². The monoisotopic (exact) mass is 485 g/mol. The number of ether oxygens (including phenoxy) is 1. The zero-order valence-corrected chi connectivity index (χ0v) is 21.4. The minimum absolute atomic E-state index is 0.0563. The highest BCUT2D eigenvalue weighted by atomic mass is 32.1. The van der Waals surface area contributed by atoms with Crippen molar-refractivity contribution in [2.24, 2.45) is 0 Å². The number of alkyl carbamates (subject to hydrolysis) is 1. The first-order valence-corrected chi connectivity index (χ1v) is 12.0. The van der Waals surface area contributed by atoms with Crippen molar-refractivity contribution in [3.8, 4) is 0 Å². The molecule has 2 unspecified atom stereocenters. The Morgan fingerprint density at radius 3 is 2.29 bits per heavy atom. The van der Waals surface area contributed by atoms with Crippen molar-refractivity contribution in [2.45, 2.75) is 58.8 Å². The number of nitrogens with zero attached hydrogens (tertiary/aromatic N) is 1. The Kier molecular flexibility index (Phi) is 9.98. The van der Waals surface area contributed by atoms with Gasteiger partial charge in [-0.1, -0.05) is 60.2 Å². The quantitative estimate of drug-likeness (QED) is 0.468. The molecule has 0 bridgehead atoms. The van der Waals surface area contributed by atoms with Crippen molar-refractivity contribution in [2.75, 3.05) is 12.3 Å². The molecule has 0 fully saturated rings. The lowest BCUT2D eigenvalue weighted by Crippen LogP contribution is -2.53. The first kappa shape index (κ1) is 27.2. The van der Waals surface area contributed by atoms with Crippen LogP contribution >= 0.6 is 12.6 Å². The number of rotatable bonds is 9. The third-order valence-corrected chi connectivity index (χ3v) is 5.39. The molecule has 3 amide bonds. The molecule has 0 saturated heterocycles. The Morgan fingerprint density at radius 1 is 1.06 bits per heavy atom. The van der Waals surface area contributed by atoms with Gasteiger partial charge in [0.25, 0.3) is 0 Å². The smallest absolute Gasteiger partial charge is 0.408 e. The second-order valence-corrected chi connectivity index (χ2v) is 9.39. The Balaban J connectivity index is 2.31. The topological polar surface area (TPSA) is 87.7 Å². The lowest BCUT2D eigenvalue weighted by atomic mass is 10.0. The van der Waals surface area contributed by atoms with Crippen LogP contribution in [0.15, 0.2) is 54.6 Å². The molecule has 2 rings (SSSR count). The summed E-state index contributed by atoms with van der Waals surface area (Å²) in [6.07, 6.45) is -0.711. The van der Waals surface area contributed by atoms with Gasteiger partial charge < -0.3 is 20.3 Å². The number of aryl methyl sites for hydroxylation is 1. The van der Waals surface area contributed by atoms with E-state index in [2.05, 4.69) is 23.3 Å². The zero-order chi connectivity index (χ0) is 25.3. The van der Waals surface area contributed by atoms with E-state index in [9.17, 15) is 14.4 Å². The second-order valence-electron chi connectivity index (χ2n) is 9.03. The maximum atomic E-state index is 13.5. The molecule has 2 N–H and O–H groups in total. The molecule has 0 heterocycles. The number of benzene rings is 2. The summed E-state index contributed by atoms with van der Waals surface area (Å²) in [4.78, 5) is 40.7. The van der Waals surface area contributed by atoms with E-state index in [4.69, 9.17) is 4.74 Å². The van der Waals surface area contributed by atoms with E-state index in [-0.39, 0.29) is 18.2 Å². The van der Waals surface area contributed by atoms with Crippen LogP contribution in [-0.2, 0) is 20.9 Å². The minimum atomic E-state index is -0.952. The molecule has 2 aromatic carbocycles. The van der Waals surface area contributed by atoms with Gasteiger partial charge in [-0.25, -0.2) is 4.79 Å². The van der Waals surface area contributed by atoms with Crippen molar-refractivity contribution in [3.63, 3.8) is 0 Å². The summed E-state index contributed by atoms with van der Waals surface area (Å²) in [6, 6.07) is 15.2. The maximum absolute atomic E-state index is 13.5. The van der Waals surface area contributed by atoms with Gasteiger partial charge in [0.05, 0.1) is 0 Å². The first-order valence-electron chi connectivity index (χ1n) is 11.3. The van der Waals surface area contributed by atoms with Crippen LogP contribution in [0.2, 0.25) is 0 Å². The van der Waals surface area contributed by atoms with E-state index < -0.39 is 29.7 Å². The summed E-state index contributed by atoms with van der Waals surface area (Å²) in [5, 5.41) is 5.54. The molecule has 0 aliphatic carbocycles. The molecule has 8 heteroatoms. The minimum Gasteiger partial charge on any atom is -0.444 e. The third-order valence-electron chi connectivity index (χ3n) is 5.02. The number of carbonyl (C=O) groups is 3. The number of likely N-dealkylation sites (N-methyl/N-ethyl adjacent to an activating group) is 1. The lowest BCUT2D eigenvalue weighted by molar-refractivity contribution is -0.141. The highest BCUT2D eigenvalue weighted by molar-refractivity contribution is 7.80. The normalized spacial score (nSPS) is 12.9. The van der Waals surface area contributed by atoms with Crippen molar-refractivity contribution in [3.05, 3.63) is 71.3 Å². The van der Waals surface area contributed by atoms with Crippen molar-refractivity contribution in [1.29, 1.82) is 0 Å². The largest absolute Gasteiger partial charge is 0.444 e. The zero-order valence-electron chi connectivity index (χ0n) is 20.5. The molecular weight excluding hydrogens is 450 g/mol. The molecular formula is C26H35N3O4S. The number of hydrogen-bond donors (Lipinski definition) is 3. The predicted molar refractivity (Wildman–Crippen MR) is 137 cm³/mol. The van der Waals surface area contributed by atoms with Crippen molar-refractivity contribution in [1.82, 2.24) is 15.5 Å². The molecule has 0 aromatic heterocycles. The average molecular weight is 486 g/mol. The molecule has 0 aliphatic heterocycles. The Morgan fingerprint density at radius 2 is 1.74 bits per heavy atom. The Labute approximate surface area is 207 Å². The second kappa shape index (κ2) is 12.5. The summed E-state index contributed by atoms with van der Waals surface area (Å²) < 4.78 is 5.30. The fourth-order valence-electron chi connectivity index (χ4n) is 3.50. The highest BCUT2D eigenvalue weighted by Crippen LogP contribution is 2.24. The van der Waals surface area contributed by atoms with Gasteiger partial charge in [-0.15, -0.1) is 0 Å². The number of carbonyl (C=O) groups excluding carboxylic acids is 3. The van der Waals surface area contributed by atoms with Gasteiger partial charge in [0, 0.05) is 18.8 Å². The van der Waals surface area contributed by atoms with Gasteiger partial charge in [-0.3, -0.25) is 9.59 Å².